The smallest absolute Gasteiger partial charge is 0.407 e. The number of fused-ring (bicyclic) bond motifs is 1. The van der Waals surface area contributed by atoms with Gasteiger partial charge in [-0.2, -0.15) is 4.68 Å². The van der Waals surface area contributed by atoms with Crippen molar-refractivity contribution in [3.8, 4) is 5.69 Å². The molecule has 2 amide bonds. The maximum Gasteiger partial charge on any atom is 0.407 e. The Hall–Kier alpha value is -4.05. The van der Waals surface area contributed by atoms with Gasteiger partial charge in [0.15, 0.2) is 11.5 Å². The second-order valence-corrected chi connectivity index (χ2v) is 8.31. The number of hydrogen-bond acceptors (Lipinski definition) is 6. The molecule has 4 aromatic rings. The number of carbonyl (C=O) groups is 2. The Kier molecular flexibility index (Phi) is 5.81. The molecule has 1 N–H and O–H groups in total. The van der Waals surface area contributed by atoms with Crippen molar-refractivity contribution in [2.45, 2.75) is 18.9 Å². The van der Waals surface area contributed by atoms with Gasteiger partial charge in [0.05, 0.1) is 16.8 Å². The van der Waals surface area contributed by atoms with Gasteiger partial charge in [0, 0.05) is 31.0 Å². The van der Waals surface area contributed by atoms with Crippen LogP contribution >= 0.6 is 11.6 Å². The monoisotopic (exact) mass is 477 g/mol. The van der Waals surface area contributed by atoms with E-state index in [0.29, 0.717) is 52.6 Å². The fourth-order valence-corrected chi connectivity index (χ4v) is 4.36. The zero-order valence-corrected chi connectivity index (χ0v) is 18.7. The zero-order valence-electron chi connectivity index (χ0n) is 18.0. The van der Waals surface area contributed by atoms with Gasteiger partial charge in [-0.1, -0.05) is 16.8 Å². The molecule has 0 saturated carbocycles. The Morgan fingerprint density at radius 3 is 2.59 bits per heavy atom. The van der Waals surface area contributed by atoms with Crippen molar-refractivity contribution in [3.05, 3.63) is 71.5 Å². The Labute approximate surface area is 199 Å². The molecule has 1 aromatic carbocycles. The third kappa shape index (κ3) is 4.03. The van der Waals surface area contributed by atoms with E-state index in [4.69, 9.17) is 11.6 Å². The Bertz CT molecular complexity index is 1360. The fourth-order valence-electron chi connectivity index (χ4n) is 4.15. The molecule has 11 heteroatoms. The van der Waals surface area contributed by atoms with Crippen molar-refractivity contribution in [1.29, 1.82) is 0 Å². The van der Waals surface area contributed by atoms with E-state index in [1.807, 2.05) is 6.07 Å². The summed E-state index contributed by atoms with van der Waals surface area (Å²) in [5.41, 5.74) is 2.39. The third-order valence-corrected chi connectivity index (χ3v) is 6.08. The average molecular weight is 478 g/mol. The van der Waals surface area contributed by atoms with Gasteiger partial charge >= 0.3 is 6.09 Å². The number of amides is 2. The highest BCUT2D eigenvalue weighted by Gasteiger charge is 2.34. The molecule has 3 aromatic heterocycles. The van der Waals surface area contributed by atoms with Gasteiger partial charge in [-0.05, 0) is 61.4 Å². The SMILES string of the molecule is O=C(O)N1CCC[C@@H](N(C(=O)c2ccc(-n3nnc4cccnc43)cc2)c2ncccc2Cl)C1. The van der Waals surface area contributed by atoms with E-state index in [2.05, 4.69) is 20.3 Å². The van der Waals surface area contributed by atoms with E-state index in [1.165, 1.54) is 9.80 Å². The second kappa shape index (κ2) is 9.06. The molecule has 0 unspecified atom stereocenters. The highest BCUT2D eigenvalue weighted by Crippen LogP contribution is 2.29. The van der Waals surface area contributed by atoms with Gasteiger partial charge in [0.25, 0.3) is 5.91 Å². The van der Waals surface area contributed by atoms with Crippen LogP contribution < -0.4 is 4.90 Å². The second-order valence-electron chi connectivity index (χ2n) is 7.90. The van der Waals surface area contributed by atoms with Gasteiger partial charge in [-0.3, -0.25) is 9.69 Å². The number of nitrogens with zero attached hydrogens (tertiary/aromatic N) is 7. The van der Waals surface area contributed by atoms with Crippen LogP contribution in [0.15, 0.2) is 60.9 Å². The average Bonchev–Trinajstić information content (AvgIpc) is 3.30. The summed E-state index contributed by atoms with van der Waals surface area (Å²) < 4.78 is 1.60. The summed E-state index contributed by atoms with van der Waals surface area (Å²) in [5, 5.41) is 18.1. The Morgan fingerprint density at radius 1 is 1.06 bits per heavy atom. The first-order valence-corrected chi connectivity index (χ1v) is 11.1. The summed E-state index contributed by atoms with van der Waals surface area (Å²) in [4.78, 5) is 36.8. The van der Waals surface area contributed by atoms with E-state index in [-0.39, 0.29) is 12.5 Å². The number of likely N-dealkylation sites (tertiary alicyclic amines) is 1. The first-order chi connectivity index (χ1) is 16.5. The number of anilines is 1. The normalized spacial score (nSPS) is 15.9. The standard InChI is InChI=1S/C23H20ClN7O3/c24-18-5-1-11-25-20(18)30(17-4-3-13-29(14-17)23(33)34)22(32)15-7-9-16(10-8-15)31-21-19(27-28-31)6-2-12-26-21/h1-2,5-12,17H,3-4,13-14H2,(H,33,34)/t17-/m1/s1. The van der Waals surface area contributed by atoms with Crippen LogP contribution in [0, 0.1) is 0 Å². The number of carboxylic acid groups (broad SMARTS) is 1. The number of carbonyl (C=O) groups excluding carboxylic acids is 1. The van der Waals surface area contributed by atoms with Gasteiger partial charge < -0.3 is 10.0 Å². The molecule has 1 saturated heterocycles. The topological polar surface area (TPSA) is 117 Å². The number of piperidine rings is 1. The minimum atomic E-state index is -1.01. The number of rotatable bonds is 4. The van der Waals surface area contributed by atoms with Crippen molar-refractivity contribution in [2.24, 2.45) is 0 Å². The van der Waals surface area contributed by atoms with Crippen LogP contribution in [0.25, 0.3) is 16.9 Å². The maximum absolute atomic E-state index is 13.7. The molecule has 34 heavy (non-hydrogen) atoms. The number of pyridine rings is 2. The Morgan fingerprint density at radius 2 is 1.82 bits per heavy atom. The van der Waals surface area contributed by atoms with Gasteiger partial charge in [-0.15, -0.1) is 5.10 Å². The lowest BCUT2D eigenvalue weighted by Crippen LogP contribution is -2.52. The van der Waals surface area contributed by atoms with Crippen LogP contribution in [0.3, 0.4) is 0 Å². The lowest BCUT2D eigenvalue weighted by Gasteiger charge is -2.38. The number of halogens is 1. The third-order valence-electron chi connectivity index (χ3n) is 5.79. The minimum absolute atomic E-state index is 0.183. The van der Waals surface area contributed by atoms with E-state index in [1.54, 1.807) is 59.5 Å². The molecule has 1 aliphatic heterocycles. The summed E-state index contributed by atoms with van der Waals surface area (Å²) in [6.07, 6.45) is 3.49. The lowest BCUT2D eigenvalue weighted by atomic mass is 10.0. The first-order valence-electron chi connectivity index (χ1n) is 10.7. The maximum atomic E-state index is 13.7. The molecule has 0 aliphatic carbocycles. The van der Waals surface area contributed by atoms with Crippen molar-refractivity contribution >= 4 is 40.6 Å². The molecule has 0 bridgehead atoms. The fraction of sp³-hybridized carbons (Fsp3) is 0.217. The highest BCUT2D eigenvalue weighted by molar-refractivity contribution is 6.33. The molecule has 1 fully saturated rings. The lowest BCUT2D eigenvalue weighted by molar-refractivity contribution is 0.0941. The number of benzene rings is 1. The number of aromatic nitrogens is 5. The molecular weight excluding hydrogens is 458 g/mol. The predicted octanol–water partition coefficient (Wildman–Crippen LogP) is 3.65. The molecular formula is C23H20ClN7O3. The summed E-state index contributed by atoms with van der Waals surface area (Å²) in [6, 6.07) is 13.5. The molecule has 5 rings (SSSR count). The molecule has 172 valence electrons. The first kappa shape index (κ1) is 21.8. The summed E-state index contributed by atoms with van der Waals surface area (Å²) in [6.45, 7) is 0.612. The highest BCUT2D eigenvalue weighted by atomic mass is 35.5. The van der Waals surface area contributed by atoms with Gasteiger partial charge in [0.2, 0.25) is 0 Å². The van der Waals surface area contributed by atoms with Gasteiger partial charge in [0.1, 0.15) is 5.52 Å². The van der Waals surface area contributed by atoms with Gasteiger partial charge in [-0.25, -0.2) is 14.8 Å². The summed E-state index contributed by atoms with van der Waals surface area (Å²) in [5.74, 6) is -0.00656. The van der Waals surface area contributed by atoms with Crippen LogP contribution in [0.1, 0.15) is 23.2 Å². The van der Waals surface area contributed by atoms with Crippen LogP contribution in [0.4, 0.5) is 10.6 Å². The van der Waals surface area contributed by atoms with Crippen molar-refractivity contribution in [2.75, 3.05) is 18.0 Å². The molecule has 0 spiro atoms. The largest absolute Gasteiger partial charge is 0.465 e. The molecule has 4 heterocycles. The Balaban J connectivity index is 1.49. The predicted molar refractivity (Wildman–Crippen MR) is 125 cm³/mol. The van der Waals surface area contributed by atoms with Crippen molar-refractivity contribution in [3.63, 3.8) is 0 Å². The van der Waals surface area contributed by atoms with Crippen LogP contribution in [-0.4, -0.2) is 66.1 Å². The summed E-state index contributed by atoms with van der Waals surface area (Å²) in [7, 11) is 0. The van der Waals surface area contributed by atoms with E-state index in [0.717, 1.165) is 0 Å². The van der Waals surface area contributed by atoms with Crippen LogP contribution in [0.2, 0.25) is 5.02 Å². The van der Waals surface area contributed by atoms with E-state index < -0.39 is 12.1 Å². The zero-order chi connectivity index (χ0) is 23.7. The molecule has 0 radical (unpaired) electrons. The van der Waals surface area contributed by atoms with E-state index in [9.17, 15) is 14.7 Å². The minimum Gasteiger partial charge on any atom is -0.465 e. The van der Waals surface area contributed by atoms with Crippen LogP contribution in [0.5, 0.6) is 0 Å². The van der Waals surface area contributed by atoms with Crippen LogP contribution in [-0.2, 0) is 0 Å². The van der Waals surface area contributed by atoms with E-state index >= 15 is 0 Å². The van der Waals surface area contributed by atoms with Crippen molar-refractivity contribution < 1.29 is 14.7 Å². The summed E-state index contributed by atoms with van der Waals surface area (Å²) >= 11 is 6.41. The molecule has 10 nitrogen and oxygen atoms in total. The molecule has 1 aliphatic rings. The molecule has 1 atom stereocenters. The van der Waals surface area contributed by atoms with Crippen molar-refractivity contribution in [1.82, 2.24) is 29.9 Å². The quantitative estimate of drug-likeness (QED) is 0.476. The number of hydrogen-bond donors (Lipinski definition) is 1.